The van der Waals surface area contributed by atoms with Crippen molar-refractivity contribution in [3.05, 3.63) is 53.6 Å². The van der Waals surface area contributed by atoms with Crippen LogP contribution < -0.4 is 15.5 Å². The van der Waals surface area contributed by atoms with Crippen LogP contribution in [0.15, 0.2) is 42.5 Å². The fourth-order valence-corrected chi connectivity index (χ4v) is 3.57. The molecular weight excluding hydrogens is 338 g/mol. The Bertz CT molecular complexity index is 847. The van der Waals surface area contributed by atoms with Gasteiger partial charge in [0.15, 0.2) is 0 Å². The second-order valence-electron chi connectivity index (χ2n) is 7.22. The zero-order valence-electron chi connectivity index (χ0n) is 16.2. The zero-order chi connectivity index (χ0) is 19.4. The van der Waals surface area contributed by atoms with E-state index in [9.17, 15) is 9.59 Å². The molecule has 0 spiro atoms. The van der Waals surface area contributed by atoms with E-state index in [4.69, 9.17) is 0 Å². The highest BCUT2D eigenvalue weighted by Crippen LogP contribution is 2.30. The Morgan fingerprint density at radius 2 is 1.93 bits per heavy atom. The minimum Gasteiger partial charge on any atom is -0.368 e. The van der Waals surface area contributed by atoms with Crippen LogP contribution in [0.25, 0.3) is 0 Å². The Morgan fingerprint density at radius 1 is 1.15 bits per heavy atom. The van der Waals surface area contributed by atoms with Gasteiger partial charge in [0.25, 0.3) is 0 Å². The van der Waals surface area contributed by atoms with Gasteiger partial charge in [-0.25, -0.2) is 0 Å². The van der Waals surface area contributed by atoms with Crippen LogP contribution in [0.4, 0.5) is 17.1 Å². The summed E-state index contributed by atoms with van der Waals surface area (Å²) in [7, 11) is 0. The van der Waals surface area contributed by atoms with Crippen LogP contribution in [0.1, 0.15) is 37.8 Å². The van der Waals surface area contributed by atoms with Gasteiger partial charge in [0.2, 0.25) is 11.8 Å². The first-order chi connectivity index (χ1) is 12.9. The average Bonchev–Trinajstić information content (AvgIpc) is 2.63. The van der Waals surface area contributed by atoms with Gasteiger partial charge >= 0.3 is 0 Å². The minimum atomic E-state index is -0.126. The van der Waals surface area contributed by atoms with Crippen LogP contribution >= 0.6 is 0 Å². The molecule has 0 aliphatic carbocycles. The lowest BCUT2D eigenvalue weighted by molar-refractivity contribution is -0.116. The molecule has 2 aromatic rings. The van der Waals surface area contributed by atoms with E-state index < -0.39 is 0 Å². The smallest absolute Gasteiger partial charge is 0.226 e. The minimum absolute atomic E-state index is 0.0251. The summed E-state index contributed by atoms with van der Waals surface area (Å²) in [6.45, 7) is 6.30. The van der Waals surface area contributed by atoms with Crippen molar-refractivity contribution in [1.82, 2.24) is 0 Å². The van der Waals surface area contributed by atoms with Crippen LogP contribution in [0.5, 0.6) is 0 Å². The number of hydrogen-bond donors (Lipinski definition) is 2. The maximum absolute atomic E-state index is 12.5. The second kappa shape index (κ2) is 8.25. The molecule has 1 aliphatic rings. The van der Waals surface area contributed by atoms with Crippen molar-refractivity contribution in [3.8, 4) is 0 Å². The molecule has 0 saturated carbocycles. The summed E-state index contributed by atoms with van der Waals surface area (Å²) in [4.78, 5) is 26.1. The van der Waals surface area contributed by atoms with Gasteiger partial charge in [-0.3, -0.25) is 9.59 Å². The Hall–Kier alpha value is -2.82. The molecule has 5 nitrogen and oxygen atoms in total. The summed E-state index contributed by atoms with van der Waals surface area (Å²) in [5.74, 6) is -0.151. The number of para-hydroxylation sites is 1. The molecule has 2 N–H and O–H groups in total. The highest BCUT2D eigenvalue weighted by Gasteiger charge is 2.22. The monoisotopic (exact) mass is 365 g/mol. The van der Waals surface area contributed by atoms with E-state index in [2.05, 4.69) is 46.7 Å². The molecule has 5 heteroatoms. The summed E-state index contributed by atoms with van der Waals surface area (Å²) < 4.78 is 0. The van der Waals surface area contributed by atoms with Gasteiger partial charge in [0, 0.05) is 43.0 Å². The average molecular weight is 365 g/mol. The first-order valence-electron chi connectivity index (χ1n) is 9.46. The van der Waals surface area contributed by atoms with Crippen molar-refractivity contribution < 1.29 is 9.59 Å². The molecule has 3 rings (SSSR count). The van der Waals surface area contributed by atoms with E-state index in [0.717, 1.165) is 24.1 Å². The van der Waals surface area contributed by atoms with Crippen molar-refractivity contribution >= 4 is 28.9 Å². The zero-order valence-corrected chi connectivity index (χ0v) is 16.2. The largest absolute Gasteiger partial charge is 0.368 e. The summed E-state index contributed by atoms with van der Waals surface area (Å²) in [6.07, 6.45) is 2.62. The van der Waals surface area contributed by atoms with Gasteiger partial charge in [-0.2, -0.15) is 0 Å². The number of benzene rings is 2. The summed E-state index contributed by atoms with van der Waals surface area (Å²) in [5, 5.41) is 5.73. The molecular formula is C22H27N3O2. The molecule has 0 unspecified atom stereocenters. The molecule has 0 bridgehead atoms. The van der Waals surface area contributed by atoms with Gasteiger partial charge in [-0.05, 0) is 56.0 Å². The number of nitrogens with one attached hydrogen (secondary N) is 2. The van der Waals surface area contributed by atoms with E-state index in [0.29, 0.717) is 24.7 Å². The number of aryl methyl sites for hydroxylation is 2. The maximum atomic E-state index is 12.5. The Kier molecular flexibility index (Phi) is 5.79. The van der Waals surface area contributed by atoms with Gasteiger partial charge in [-0.15, -0.1) is 0 Å². The van der Waals surface area contributed by atoms with E-state index in [1.54, 1.807) is 6.07 Å². The standard InChI is InChI=1S/C22H27N3O2/c1-15-8-11-19(14-20(15)23-17(3)26)24-22(27)12-13-25-16(2)9-10-18-6-4-5-7-21(18)25/h4-8,11,14,16H,9-10,12-13H2,1-3H3,(H,23,26)(H,24,27)/t16-/m0/s1. The number of carbonyl (C=O) groups is 2. The molecule has 0 aromatic heterocycles. The predicted octanol–water partition coefficient (Wildman–Crippen LogP) is 4.12. The quantitative estimate of drug-likeness (QED) is 0.838. The lowest BCUT2D eigenvalue weighted by Crippen LogP contribution is -2.39. The number of amides is 2. The van der Waals surface area contributed by atoms with E-state index in [-0.39, 0.29) is 11.8 Å². The number of hydrogen-bond acceptors (Lipinski definition) is 3. The molecule has 0 fully saturated rings. The maximum Gasteiger partial charge on any atom is 0.226 e. The van der Waals surface area contributed by atoms with E-state index >= 15 is 0 Å². The Labute approximate surface area is 160 Å². The normalized spacial score (nSPS) is 15.8. The Morgan fingerprint density at radius 3 is 2.70 bits per heavy atom. The summed E-state index contributed by atoms with van der Waals surface area (Å²) >= 11 is 0. The highest BCUT2D eigenvalue weighted by molar-refractivity contribution is 5.94. The second-order valence-corrected chi connectivity index (χ2v) is 7.22. The molecule has 0 saturated heterocycles. The van der Waals surface area contributed by atoms with Crippen molar-refractivity contribution in [2.45, 2.75) is 46.1 Å². The van der Waals surface area contributed by atoms with Crippen LogP contribution in [-0.2, 0) is 16.0 Å². The fourth-order valence-electron chi connectivity index (χ4n) is 3.57. The van der Waals surface area contributed by atoms with Gasteiger partial charge < -0.3 is 15.5 Å². The van der Waals surface area contributed by atoms with Crippen molar-refractivity contribution in [2.24, 2.45) is 0 Å². The predicted molar refractivity (Wildman–Crippen MR) is 110 cm³/mol. The van der Waals surface area contributed by atoms with Crippen LogP contribution in [0, 0.1) is 6.92 Å². The highest BCUT2D eigenvalue weighted by atomic mass is 16.2. The molecule has 2 aromatic carbocycles. The van der Waals surface area contributed by atoms with E-state index in [1.807, 2.05) is 19.1 Å². The lowest BCUT2D eigenvalue weighted by Gasteiger charge is -2.37. The topological polar surface area (TPSA) is 61.4 Å². The fraction of sp³-hybridized carbons (Fsp3) is 0.364. The number of anilines is 3. The van der Waals surface area contributed by atoms with Gasteiger partial charge in [-0.1, -0.05) is 24.3 Å². The number of fused-ring (bicyclic) bond motifs is 1. The van der Waals surface area contributed by atoms with Gasteiger partial charge in [0.1, 0.15) is 0 Å². The number of nitrogens with zero attached hydrogens (tertiary/aromatic N) is 1. The van der Waals surface area contributed by atoms with Crippen LogP contribution in [-0.4, -0.2) is 24.4 Å². The third-order valence-electron chi connectivity index (χ3n) is 5.08. The summed E-state index contributed by atoms with van der Waals surface area (Å²) in [6, 6.07) is 14.4. The Balaban J connectivity index is 1.63. The van der Waals surface area contributed by atoms with Crippen molar-refractivity contribution in [3.63, 3.8) is 0 Å². The molecule has 1 aliphatic heterocycles. The number of rotatable bonds is 5. The molecule has 1 heterocycles. The molecule has 1 atom stereocenters. The molecule has 0 radical (unpaired) electrons. The SMILES string of the molecule is CC(=O)Nc1cc(NC(=O)CCN2c3ccccc3CC[C@@H]2C)ccc1C. The molecule has 2 amide bonds. The first kappa shape index (κ1) is 19.0. The first-order valence-corrected chi connectivity index (χ1v) is 9.46. The van der Waals surface area contributed by atoms with E-state index in [1.165, 1.54) is 18.2 Å². The van der Waals surface area contributed by atoms with Crippen LogP contribution in [0.3, 0.4) is 0 Å². The summed E-state index contributed by atoms with van der Waals surface area (Å²) in [5.41, 5.74) is 4.98. The third-order valence-corrected chi connectivity index (χ3v) is 5.08. The van der Waals surface area contributed by atoms with Crippen LogP contribution in [0.2, 0.25) is 0 Å². The number of carbonyl (C=O) groups excluding carboxylic acids is 2. The van der Waals surface area contributed by atoms with Crippen molar-refractivity contribution in [2.75, 3.05) is 22.1 Å². The lowest BCUT2D eigenvalue weighted by atomic mass is 9.96. The molecule has 142 valence electrons. The molecule has 27 heavy (non-hydrogen) atoms. The van der Waals surface area contributed by atoms with Gasteiger partial charge in [0.05, 0.1) is 0 Å². The van der Waals surface area contributed by atoms with Crippen molar-refractivity contribution in [1.29, 1.82) is 0 Å². The third kappa shape index (κ3) is 4.67.